The summed E-state index contributed by atoms with van der Waals surface area (Å²) in [6.45, 7) is 0.475. The molecule has 0 saturated carbocycles. The number of anilines is 1. The molecule has 6 heteroatoms. The van der Waals surface area contributed by atoms with E-state index in [1.54, 1.807) is 7.11 Å². The Bertz CT molecular complexity index is 590. The number of halogens is 2. The van der Waals surface area contributed by atoms with Gasteiger partial charge in [-0.1, -0.05) is 23.7 Å². The molecule has 0 aliphatic carbocycles. The average Bonchev–Trinajstić information content (AvgIpc) is 2.45. The van der Waals surface area contributed by atoms with Crippen molar-refractivity contribution in [1.29, 1.82) is 0 Å². The molecule has 0 saturated heterocycles. The first-order valence-corrected chi connectivity index (χ1v) is 7.56. The van der Waals surface area contributed by atoms with E-state index in [0.29, 0.717) is 13.0 Å². The summed E-state index contributed by atoms with van der Waals surface area (Å²) in [6, 6.07) is 7.72. The normalized spacial score (nSPS) is 10.6. The van der Waals surface area contributed by atoms with Crippen LogP contribution in [-0.4, -0.2) is 24.1 Å². The molecule has 1 aromatic heterocycles. The van der Waals surface area contributed by atoms with Crippen molar-refractivity contribution in [2.45, 2.75) is 13.0 Å². The Labute approximate surface area is 137 Å². The van der Waals surface area contributed by atoms with Gasteiger partial charge in [-0.05, 0) is 40.3 Å². The Morgan fingerprint density at radius 3 is 2.55 bits per heavy atom. The fourth-order valence-corrected chi connectivity index (χ4v) is 2.60. The largest absolute Gasteiger partial charge is 0.378 e. The molecular formula is C14H15ClIN3O. The second-order valence-corrected chi connectivity index (χ2v) is 5.75. The van der Waals surface area contributed by atoms with Gasteiger partial charge in [-0.2, -0.15) is 0 Å². The van der Waals surface area contributed by atoms with Crippen molar-refractivity contribution in [3.63, 3.8) is 0 Å². The Morgan fingerprint density at radius 1 is 1.25 bits per heavy atom. The van der Waals surface area contributed by atoms with Crippen LogP contribution in [0.15, 0.2) is 24.3 Å². The number of aromatic nitrogens is 2. The molecule has 20 heavy (non-hydrogen) atoms. The van der Waals surface area contributed by atoms with Gasteiger partial charge in [0.05, 0.1) is 15.9 Å². The lowest BCUT2D eigenvalue weighted by molar-refractivity contribution is 0.180. The van der Waals surface area contributed by atoms with Crippen LogP contribution in [0.1, 0.15) is 17.1 Å². The Balaban J connectivity index is 2.31. The maximum absolute atomic E-state index is 5.89. The Morgan fingerprint density at radius 2 is 1.95 bits per heavy atom. The van der Waals surface area contributed by atoms with E-state index in [0.717, 1.165) is 31.5 Å². The number of ether oxygens (including phenoxy) is 1. The molecule has 1 aromatic carbocycles. The fraction of sp³-hybridized carbons (Fsp3) is 0.286. The highest BCUT2D eigenvalue weighted by Crippen LogP contribution is 2.21. The first kappa shape index (κ1) is 15.5. The summed E-state index contributed by atoms with van der Waals surface area (Å²) in [7, 11) is 3.52. The third-order valence-corrected chi connectivity index (χ3v) is 4.14. The fourth-order valence-electron chi connectivity index (χ4n) is 1.81. The SMILES string of the molecule is CNc1nc(Cc2ccc(Cl)cc2)nc(COC)c1I. The van der Waals surface area contributed by atoms with Crippen molar-refractivity contribution in [3.8, 4) is 0 Å². The van der Waals surface area contributed by atoms with Crippen LogP contribution in [0.3, 0.4) is 0 Å². The summed E-state index contributed by atoms with van der Waals surface area (Å²) in [6.07, 6.45) is 0.666. The molecule has 4 nitrogen and oxygen atoms in total. The lowest BCUT2D eigenvalue weighted by Gasteiger charge is -2.10. The van der Waals surface area contributed by atoms with Gasteiger partial charge in [0.25, 0.3) is 0 Å². The zero-order valence-corrected chi connectivity index (χ0v) is 14.2. The van der Waals surface area contributed by atoms with Gasteiger partial charge in [-0.15, -0.1) is 0 Å². The van der Waals surface area contributed by atoms with Gasteiger partial charge in [-0.3, -0.25) is 0 Å². The smallest absolute Gasteiger partial charge is 0.143 e. The van der Waals surface area contributed by atoms with Gasteiger partial charge in [0, 0.05) is 25.6 Å². The van der Waals surface area contributed by atoms with Crippen LogP contribution in [0.5, 0.6) is 0 Å². The van der Waals surface area contributed by atoms with Crippen molar-refractivity contribution < 1.29 is 4.74 Å². The number of hydrogen-bond donors (Lipinski definition) is 1. The van der Waals surface area contributed by atoms with Crippen molar-refractivity contribution in [2.24, 2.45) is 0 Å². The zero-order valence-electron chi connectivity index (χ0n) is 11.3. The van der Waals surface area contributed by atoms with E-state index < -0.39 is 0 Å². The summed E-state index contributed by atoms with van der Waals surface area (Å²) in [5.41, 5.74) is 2.03. The predicted molar refractivity (Wildman–Crippen MR) is 89.3 cm³/mol. The van der Waals surface area contributed by atoms with E-state index >= 15 is 0 Å². The number of rotatable bonds is 5. The first-order chi connectivity index (χ1) is 9.63. The highest BCUT2D eigenvalue weighted by atomic mass is 127. The van der Waals surface area contributed by atoms with Crippen LogP contribution in [-0.2, 0) is 17.8 Å². The standard InChI is InChI=1S/C14H15ClIN3O/c1-17-14-13(16)11(8-20-2)18-12(19-14)7-9-3-5-10(15)6-4-9/h3-6H,7-8H2,1-2H3,(H,17,18,19). The predicted octanol–water partition coefficient (Wildman–Crippen LogP) is 3.51. The third-order valence-electron chi connectivity index (χ3n) is 2.76. The second-order valence-electron chi connectivity index (χ2n) is 4.24. The average molecular weight is 404 g/mol. The number of methoxy groups -OCH3 is 1. The third kappa shape index (κ3) is 3.80. The van der Waals surface area contributed by atoms with E-state index in [1.165, 1.54) is 0 Å². The van der Waals surface area contributed by atoms with Crippen LogP contribution in [0, 0.1) is 3.57 Å². The van der Waals surface area contributed by atoms with E-state index in [9.17, 15) is 0 Å². The van der Waals surface area contributed by atoms with E-state index in [1.807, 2.05) is 31.3 Å². The van der Waals surface area contributed by atoms with Gasteiger partial charge in [-0.25, -0.2) is 9.97 Å². The molecule has 2 aromatic rings. The molecule has 0 atom stereocenters. The summed E-state index contributed by atoms with van der Waals surface area (Å²) < 4.78 is 6.18. The van der Waals surface area contributed by atoms with Crippen LogP contribution in [0.25, 0.3) is 0 Å². The topological polar surface area (TPSA) is 47.0 Å². The lowest BCUT2D eigenvalue weighted by atomic mass is 10.1. The molecule has 1 N–H and O–H groups in total. The van der Waals surface area contributed by atoms with Gasteiger partial charge in [0.15, 0.2) is 0 Å². The number of nitrogens with zero attached hydrogens (tertiary/aromatic N) is 2. The maximum Gasteiger partial charge on any atom is 0.143 e. The van der Waals surface area contributed by atoms with Crippen molar-refractivity contribution >= 4 is 40.0 Å². The van der Waals surface area contributed by atoms with E-state index in [-0.39, 0.29) is 0 Å². The minimum Gasteiger partial charge on any atom is -0.378 e. The molecule has 0 spiro atoms. The van der Waals surface area contributed by atoms with Crippen molar-refractivity contribution in [1.82, 2.24) is 9.97 Å². The summed E-state index contributed by atoms with van der Waals surface area (Å²) in [5.74, 6) is 1.60. The highest BCUT2D eigenvalue weighted by Gasteiger charge is 2.11. The van der Waals surface area contributed by atoms with E-state index in [4.69, 9.17) is 16.3 Å². The number of benzene rings is 1. The minimum absolute atomic E-state index is 0.475. The molecule has 106 valence electrons. The first-order valence-electron chi connectivity index (χ1n) is 6.10. The van der Waals surface area contributed by atoms with Crippen LogP contribution >= 0.6 is 34.2 Å². The monoisotopic (exact) mass is 403 g/mol. The van der Waals surface area contributed by atoms with Gasteiger partial charge < -0.3 is 10.1 Å². The molecule has 0 amide bonds. The second kappa shape index (κ2) is 7.19. The molecule has 0 fully saturated rings. The zero-order chi connectivity index (χ0) is 14.5. The Kier molecular flexibility index (Phi) is 5.56. The Hall–Kier alpha value is -0.920. The lowest BCUT2D eigenvalue weighted by Crippen LogP contribution is -2.08. The summed E-state index contributed by atoms with van der Waals surface area (Å²) >= 11 is 8.12. The summed E-state index contributed by atoms with van der Waals surface area (Å²) in [5, 5.41) is 3.82. The number of nitrogens with one attached hydrogen (secondary N) is 1. The van der Waals surface area contributed by atoms with Gasteiger partial charge in [0.2, 0.25) is 0 Å². The molecule has 0 bridgehead atoms. The molecule has 0 radical (unpaired) electrons. The maximum atomic E-state index is 5.89. The highest BCUT2D eigenvalue weighted by molar-refractivity contribution is 14.1. The molecule has 1 heterocycles. The van der Waals surface area contributed by atoms with Crippen molar-refractivity contribution in [2.75, 3.05) is 19.5 Å². The van der Waals surface area contributed by atoms with Gasteiger partial charge >= 0.3 is 0 Å². The van der Waals surface area contributed by atoms with Crippen LogP contribution in [0.2, 0.25) is 5.02 Å². The van der Waals surface area contributed by atoms with Crippen LogP contribution in [0.4, 0.5) is 5.82 Å². The summed E-state index contributed by atoms with van der Waals surface area (Å²) in [4.78, 5) is 9.10. The van der Waals surface area contributed by atoms with Crippen LogP contribution < -0.4 is 5.32 Å². The molecule has 2 rings (SSSR count). The quantitative estimate of drug-likeness (QED) is 0.776. The molecule has 0 aliphatic rings. The minimum atomic E-state index is 0.475. The molecular weight excluding hydrogens is 389 g/mol. The molecule has 0 unspecified atom stereocenters. The van der Waals surface area contributed by atoms with Gasteiger partial charge in [0.1, 0.15) is 11.6 Å². The van der Waals surface area contributed by atoms with E-state index in [2.05, 4.69) is 37.9 Å². The molecule has 0 aliphatic heterocycles. The number of hydrogen-bond acceptors (Lipinski definition) is 4. The van der Waals surface area contributed by atoms with Crippen molar-refractivity contribution in [3.05, 3.63) is 49.9 Å².